The molecule has 108 valence electrons. The van der Waals surface area contributed by atoms with E-state index >= 15 is 0 Å². The van der Waals surface area contributed by atoms with Gasteiger partial charge in [0.05, 0.1) is 11.6 Å². The molecule has 0 spiro atoms. The number of rotatable bonds is 5. The van der Waals surface area contributed by atoms with E-state index in [-0.39, 0.29) is 12.4 Å². The summed E-state index contributed by atoms with van der Waals surface area (Å²) in [6.45, 7) is 0.375. The van der Waals surface area contributed by atoms with Crippen LogP contribution in [-0.2, 0) is 13.2 Å². The van der Waals surface area contributed by atoms with Crippen LogP contribution in [0.3, 0.4) is 0 Å². The van der Waals surface area contributed by atoms with Crippen LogP contribution in [0.4, 0.5) is 8.78 Å². The van der Waals surface area contributed by atoms with Gasteiger partial charge in [0.15, 0.2) is 11.6 Å². The van der Waals surface area contributed by atoms with Crippen LogP contribution < -0.4 is 10.1 Å². The van der Waals surface area contributed by atoms with Crippen LogP contribution in [0.5, 0.6) is 5.75 Å². The molecular formula is C16H14F2N2O. The molecule has 3 nitrogen and oxygen atoms in total. The van der Waals surface area contributed by atoms with Crippen molar-refractivity contribution in [3.8, 4) is 11.8 Å². The molecule has 2 aromatic carbocycles. The van der Waals surface area contributed by atoms with Gasteiger partial charge in [-0.3, -0.25) is 0 Å². The molecule has 0 fully saturated rings. The normalized spacial score (nSPS) is 10.2. The third-order valence-corrected chi connectivity index (χ3v) is 2.98. The minimum absolute atomic E-state index is 0.0711. The molecule has 0 saturated carbocycles. The lowest BCUT2D eigenvalue weighted by atomic mass is 10.1. The standard InChI is InChI=1S/C16H14F2N2O/c1-20-9-12-3-2-4-15(18)16(12)21-10-13-7-14(17)6-5-11(13)8-19/h2-7,20H,9-10H2,1H3. The summed E-state index contributed by atoms with van der Waals surface area (Å²) in [5.74, 6) is -0.839. The Labute approximate surface area is 121 Å². The Morgan fingerprint density at radius 2 is 2.00 bits per heavy atom. The maximum absolute atomic E-state index is 13.8. The van der Waals surface area contributed by atoms with Crippen molar-refractivity contribution in [3.63, 3.8) is 0 Å². The van der Waals surface area contributed by atoms with Crippen LogP contribution in [0.15, 0.2) is 36.4 Å². The second-order valence-electron chi connectivity index (χ2n) is 4.46. The average Bonchev–Trinajstić information content (AvgIpc) is 2.47. The van der Waals surface area contributed by atoms with Crippen molar-refractivity contribution in [1.29, 1.82) is 5.26 Å². The maximum Gasteiger partial charge on any atom is 0.165 e. The quantitative estimate of drug-likeness (QED) is 0.919. The fourth-order valence-corrected chi connectivity index (χ4v) is 1.99. The lowest BCUT2D eigenvalue weighted by Crippen LogP contribution is -2.09. The molecule has 0 atom stereocenters. The van der Waals surface area contributed by atoms with Gasteiger partial charge in [-0.25, -0.2) is 8.78 Å². The first-order chi connectivity index (χ1) is 10.2. The summed E-state index contributed by atoms with van der Waals surface area (Å²) in [4.78, 5) is 0. The Morgan fingerprint density at radius 3 is 2.71 bits per heavy atom. The van der Waals surface area contributed by atoms with E-state index < -0.39 is 11.6 Å². The molecule has 0 saturated heterocycles. The van der Waals surface area contributed by atoms with E-state index in [9.17, 15) is 8.78 Å². The summed E-state index contributed by atoms with van der Waals surface area (Å²) in [5, 5.41) is 11.9. The molecule has 2 rings (SSSR count). The van der Waals surface area contributed by atoms with Gasteiger partial charge in [0.2, 0.25) is 0 Å². The summed E-state index contributed by atoms with van der Waals surface area (Å²) in [6, 6.07) is 10.4. The number of hydrogen-bond donors (Lipinski definition) is 1. The zero-order chi connectivity index (χ0) is 15.2. The first-order valence-corrected chi connectivity index (χ1v) is 6.39. The molecule has 0 amide bonds. The monoisotopic (exact) mass is 288 g/mol. The van der Waals surface area contributed by atoms with Gasteiger partial charge in [0.25, 0.3) is 0 Å². The molecule has 0 radical (unpaired) electrons. The third-order valence-electron chi connectivity index (χ3n) is 2.98. The molecule has 1 N–H and O–H groups in total. The van der Waals surface area contributed by atoms with Gasteiger partial charge in [-0.15, -0.1) is 0 Å². The minimum atomic E-state index is -0.488. The Kier molecular flexibility index (Phi) is 4.85. The van der Waals surface area contributed by atoms with Crippen molar-refractivity contribution < 1.29 is 13.5 Å². The number of halogens is 2. The molecule has 0 bridgehead atoms. The molecule has 5 heteroatoms. The van der Waals surface area contributed by atoms with Crippen LogP contribution in [0.2, 0.25) is 0 Å². The van der Waals surface area contributed by atoms with Gasteiger partial charge in [-0.2, -0.15) is 5.26 Å². The molecule has 0 aliphatic carbocycles. The first-order valence-electron chi connectivity index (χ1n) is 6.39. The summed E-state index contributed by atoms with van der Waals surface area (Å²) in [7, 11) is 1.75. The maximum atomic E-state index is 13.8. The first kappa shape index (κ1) is 14.9. The van der Waals surface area contributed by atoms with Crippen LogP contribution in [0.25, 0.3) is 0 Å². The third kappa shape index (κ3) is 3.56. The Hall–Kier alpha value is -2.45. The smallest absolute Gasteiger partial charge is 0.165 e. The number of nitrogens with zero attached hydrogens (tertiary/aromatic N) is 1. The van der Waals surface area contributed by atoms with Crippen molar-refractivity contribution >= 4 is 0 Å². The van der Waals surface area contributed by atoms with Crippen LogP contribution >= 0.6 is 0 Å². The highest BCUT2D eigenvalue weighted by molar-refractivity contribution is 5.39. The Balaban J connectivity index is 2.25. The number of para-hydroxylation sites is 1. The Morgan fingerprint density at radius 1 is 1.19 bits per heavy atom. The zero-order valence-corrected chi connectivity index (χ0v) is 11.5. The second-order valence-corrected chi connectivity index (χ2v) is 4.46. The highest BCUT2D eigenvalue weighted by Gasteiger charge is 2.11. The average molecular weight is 288 g/mol. The van der Waals surface area contributed by atoms with E-state index in [0.717, 1.165) is 0 Å². The summed E-state index contributed by atoms with van der Waals surface area (Å²) in [6.07, 6.45) is 0. The van der Waals surface area contributed by atoms with Gasteiger partial charge in [0.1, 0.15) is 12.4 Å². The zero-order valence-electron chi connectivity index (χ0n) is 11.5. The number of nitrogens with one attached hydrogen (secondary N) is 1. The fraction of sp³-hybridized carbons (Fsp3) is 0.188. The highest BCUT2D eigenvalue weighted by atomic mass is 19.1. The minimum Gasteiger partial charge on any atom is -0.485 e. The summed E-state index contributed by atoms with van der Waals surface area (Å²) in [5.41, 5.74) is 1.35. The summed E-state index contributed by atoms with van der Waals surface area (Å²) < 4.78 is 32.6. The van der Waals surface area contributed by atoms with Gasteiger partial charge in [-0.05, 0) is 31.3 Å². The van der Waals surface area contributed by atoms with E-state index in [0.29, 0.717) is 23.2 Å². The molecule has 0 aromatic heterocycles. The molecule has 0 unspecified atom stereocenters. The van der Waals surface area contributed by atoms with Crippen LogP contribution in [-0.4, -0.2) is 7.05 Å². The largest absolute Gasteiger partial charge is 0.485 e. The van der Waals surface area contributed by atoms with Crippen LogP contribution in [0, 0.1) is 23.0 Å². The lowest BCUT2D eigenvalue weighted by molar-refractivity contribution is 0.285. The van der Waals surface area contributed by atoms with E-state index in [1.54, 1.807) is 19.2 Å². The topological polar surface area (TPSA) is 45.0 Å². The van der Waals surface area contributed by atoms with Crippen molar-refractivity contribution in [2.75, 3.05) is 7.05 Å². The van der Waals surface area contributed by atoms with Crippen molar-refractivity contribution in [2.45, 2.75) is 13.2 Å². The van der Waals surface area contributed by atoms with E-state index in [2.05, 4.69) is 5.32 Å². The summed E-state index contributed by atoms with van der Waals surface area (Å²) >= 11 is 0. The molecule has 0 aliphatic rings. The number of hydrogen-bond acceptors (Lipinski definition) is 3. The number of ether oxygens (including phenoxy) is 1. The second kappa shape index (κ2) is 6.82. The van der Waals surface area contributed by atoms with E-state index in [1.807, 2.05) is 6.07 Å². The molecule has 21 heavy (non-hydrogen) atoms. The molecule has 0 aliphatic heterocycles. The molecule has 0 heterocycles. The van der Waals surface area contributed by atoms with E-state index in [4.69, 9.17) is 10.00 Å². The van der Waals surface area contributed by atoms with Gasteiger partial charge in [0, 0.05) is 17.7 Å². The van der Waals surface area contributed by atoms with Crippen molar-refractivity contribution in [1.82, 2.24) is 5.32 Å². The predicted molar refractivity (Wildman–Crippen MR) is 74.6 cm³/mol. The van der Waals surface area contributed by atoms with Gasteiger partial charge < -0.3 is 10.1 Å². The molecular weight excluding hydrogens is 274 g/mol. The lowest BCUT2D eigenvalue weighted by Gasteiger charge is -2.13. The van der Waals surface area contributed by atoms with Crippen LogP contribution in [0.1, 0.15) is 16.7 Å². The van der Waals surface area contributed by atoms with Crippen molar-refractivity contribution in [3.05, 3.63) is 64.7 Å². The molecule has 2 aromatic rings. The van der Waals surface area contributed by atoms with E-state index in [1.165, 1.54) is 24.3 Å². The number of nitriles is 1. The van der Waals surface area contributed by atoms with Crippen molar-refractivity contribution in [2.24, 2.45) is 0 Å². The Bertz CT molecular complexity index is 680. The number of benzene rings is 2. The van der Waals surface area contributed by atoms with Gasteiger partial charge in [-0.1, -0.05) is 12.1 Å². The predicted octanol–water partition coefficient (Wildman–Crippen LogP) is 3.13. The highest BCUT2D eigenvalue weighted by Crippen LogP contribution is 2.24. The van der Waals surface area contributed by atoms with Gasteiger partial charge >= 0.3 is 0 Å². The fourth-order valence-electron chi connectivity index (χ4n) is 1.99. The SMILES string of the molecule is CNCc1cccc(F)c1OCc1cc(F)ccc1C#N.